The van der Waals surface area contributed by atoms with Gasteiger partial charge in [0, 0.05) is 10.6 Å². The molecule has 0 fully saturated rings. The summed E-state index contributed by atoms with van der Waals surface area (Å²) in [5.41, 5.74) is 4.15. The normalized spacial score (nSPS) is 10.9. The van der Waals surface area contributed by atoms with Crippen LogP contribution >= 0.6 is 11.6 Å². The number of hydrogen-bond donors (Lipinski definition) is 1. The van der Waals surface area contributed by atoms with Gasteiger partial charge in [0.2, 0.25) is 0 Å². The van der Waals surface area contributed by atoms with Crippen LogP contribution < -0.4 is 14.9 Å². The lowest BCUT2D eigenvalue weighted by Gasteiger charge is -2.09. The summed E-state index contributed by atoms with van der Waals surface area (Å²) in [6.07, 6.45) is 1.57. The van der Waals surface area contributed by atoms with Crippen LogP contribution in [-0.4, -0.2) is 25.8 Å². The number of fused-ring (bicyclic) bond motifs is 1. The van der Waals surface area contributed by atoms with E-state index in [1.165, 1.54) is 0 Å². The van der Waals surface area contributed by atoms with Crippen LogP contribution in [0.3, 0.4) is 0 Å². The first kappa shape index (κ1) is 18.7. The first-order valence-corrected chi connectivity index (χ1v) is 8.73. The largest absolute Gasteiger partial charge is 0.496 e. The summed E-state index contributed by atoms with van der Waals surface area (Å²) >= 11 is 5.97. The molecule has 0 aromatic heterocycles. The Kier molecular flexibility index (Phi) is 5.94. The minimum atomic E-state index is -0.363. The number of benzene rings is 3. The molecule has 0 saturated carbocycles. The fourth-order valence-electron chi connectivity index (χ4n) is 2.64. The van der Waals surface area contributed by atoms with Crippen molar-refractivity contribution >= 4 is 34.5 Å². The van der Waals surface area contributed by atoms with Crippen LogP contribution in [0.25, 0.3) is 10.8 Å². The Morgan fingerprint density at radius 2 is 2.00 bits per heavy atom. The highest BCUT2D eigenvalue weighted by Gasteiger charge is 2.07. The van der Waals surface area contributed by atoms with E-state index in [9.17, 15) is 4.79 Å². The maximum absolute atomic E-state index is 12.0. The zero-order valence-electron chi connectivity index (χ0n) is 15.0. The third kappa shape index (κ3) is 4.57. The Morgan fingerprint density at radius 3 is 2.78 bits per heavy atom. The molecule has 0 atom stereocenters. The SMILES string of the molecule is COc1ccc2ccccc2c1C=NNC(=O)COc1ccc(Cl)c(C)c1. The number of aryl methyl sites for hydroxylation is 1. The molecular formula is C21H19ClN2O3. The number of carbonyl (C=O) groups is 1. The van der Waals surface area contributed by atoms with Crippen LogP contribution in [0.4, 0.5) is 0 Å². The monoisotopic (exact) mass is 382 g/mol. The van der Waals surface area contributed by atoms with Gasteiger partial charge in [-0.25, -0.2) is 5.43 Å². The maximum atomic E-state index is 12.0. The van der Waals surface area contributed by atoms with Gasteiger partial charge in [-0.1, -0.05) is 41.9 Å². The van der Waals surface area contributed by atoms with Crippen molar-refractivity contribution in [3.05, 3.63) is 70.7 Å². The number of amides is 1. The quantitative estimate of drug-likeness (QED) is 0.509. The molecule has 3 aromatic carbocycles. The molecule has 5 nitrogen and oxygen atoms in total. The lowest BCUT2D eigenvalue weighted by Crippen LogP contribution is -2.24. The summed E-state index contributed by atoms with van der Waals surface area (Å²) in [5.74, 6) is 0.893. The average molecular weight is 383 g/mol. The third-order valence-electron chi connectivity index (χ3n) is 4.03. The number of halogens is 1. The van der Waals surface area contributed by atoms with Crippen molar-refractivity contribution in [3.8, 4) is 11.5 Å². The van der Waals surface area contributed by atoms with E-state index in [1.807, 2.05) is 43.3 Å². The van der Waals surface area contributed by atoms with Gasteiger partial charge in [0.15, 0.2) is 6.61 Å². The molecule has 1 amide bonds. The standard InChI is InChI=1S/C21H19ClN2O3/c1-14-11-16(8-9-19(14)22)27-13-21(25)24-23-12-18-17-6-4-3-5-15(17)7-10-20(18)26-2/h3-12H,13H2,1-2H3,(H,24,25). The fourth-order valence-corrected chi connectivity index (χ4v) is 2.76. The smallest absolute Gasteiger partial charge is 0.277 e. The van der Waals surface area contributed by atoms with Gasteiger partial charge in [0.25, 0.3) is 5.91 Å². The zero-order chi connectivity index (χ0) is 19.2. The summed E-state index contributed by atoms with van der Waals surface area (Å²) in [6.45, 7) is 1.72. The molecule has 27 heavy (non-hydrogen) atoms. The minimum Gasteiger partial charge on any atom is -0.496 e. The van der Waals surface area contributed by atoms with Gasteiger partial charge in [0.05, 0.1) is 13.3 Å². The molecule has 3 aromatic rings. The summed E-state index contributed by atoms with van der Waals surface area (Å²) in [4.78, 5) is 12.0. The number of carbonyl (C=O) groups excluding carboxylic acids is 1. The van der Waals surface area contributed by atoms with E-state index >= 15 is 0 Å². The first-order chi connectivity index (χ1) is 13.1. The minimum absolute atomic E-state index is 0.148. The van der Waals surface area contributed by atoms with E-state index in [2.05, 4.69) is 10.5 Å². The molecule has 0 spiro atoms. The topological polar surface area (TPSA) is 59.9 Å². The van der Waals surface area contributed by atoms with Gasteiger partial charge in [-0.15, -0.1) is 0 Å². The van der Waals surface area contributed by atoms with E-state index in [1.54, 1.807) is 31.5 Å². The van der Waals surface area contributed by atoms with E-state index in [0.717, 1.165) is 21.9 Å². The highest BCUT2D eigenvalue weighted by atomic mass is 35.5. The van der Waals surface area contributed by atoms with Crippen molar-refractivity contribution in [2.45, 2.75) is 6.92 Å². The number of hydrogen-bond acceptors (Lipinski definition) is 4. The average Bonchev–Trinajstić information content (AvgIpc) is 2.69. The molecule has 0 bridgehead atoms. The Bertz CT molecular complexity index is 1000. The molecule has 3 rings (SSSR count). The molecule has 1 N–H and O–H groups in total. The highest BCUT2D eigenvalue weighted by molar-refractivity contribution is 6.31. The number of hydrazone groups is 1. The van der Waals surface area contributed by atoms with Crippen molar-refractivity contribution < 1.29 is 14.3 Å². The summed E-state index contributed by atoms with van der Waals surface area (Å²) in [6, 6.07) is 17.0. The van der Waals surface area contributed by atoms with Gasteiger partial charge in [-0.2, -0.15) is 5.10 Å². The molecule has 0 saturated heterocycles. The number of methoxy groups -OCH3 is 1. The lowest BCUT2D eigenvalue weighted by atomic mass is 10.0. The molecule has 0 radical (unpaired) electrons. The second-order valence-corrected chi connectivity index (χ2v) is 6.30. The number of nitrogens with zero attached hydrogens (tertiary/aromatic N) is 1. The second-order valence-electron chi connectivity index (χ2n) is 5.90. The van der Waals surface area contributed by atoms with Crippen LogP contribution in [-0.2, 0) is 4.79 Å². The zero-order valence-corrected chi connectivity index (χ0v) is 15.8. The molecule has 0 heterocycles. The predicted octanol–water partition coefficient (Wildman–Crippen LogP) is 4.34. The summed E-state index contributed by atoms with van der Waals surface area (Å²) < 4.78 is 10.8. The molecular weight excluding hydrogens is 364 g/mol. The number of ether oxygens (including phenoxy) is 2. The fraction of sp³-hybridized carbons (Fsp3) is 0.143. The number of nitrogens with one attached hydrogen (secondary N) is 1. The van der Waals surface area contributed by atoms with E-state index in [4.69, 9.17) is 21.1 Å². The van der Waals surface area contributed by atoms with Crippen molar-refractivity contribution in [3.63, 3.8) is 0 Å². The number of rotatable bonds is 6. The highest BCUT2D eigenvalue weighted by Crippen LogP contribution is 2.26. The van der Waals surface area contributed by atoms with Crippen molar-refractivity contribution in [2.24, 2.45) is 5.10 Å². The summed E-state index contributed by atoms with van der Waals surface area (Å²) in [5, 5.41) is 6.74. The molecule has 0 aliphatic carbocycles. The molecule has 6 heteroatoms. The molecule has 0 aliphatic rings. The Hall–Kier alpha value is -3.05. The summed E-state index contributed by atoms with van der Waals surface area (Å²) in [7, 11) is 1.60. The van der Waals surface area contributed by atoms with E-state index in [0.29, 0.717) is 16.5 Å². The van der Waals surface area contributed by atoms with Crippen molar-refractivity contribution in [2.75, 3.05) is 13.7 Å². The third-order valence-corrected chi connectivity index (χ3v) is 4.46. The van der Waals surface area contributed by atoms with Crippen molar-refractivity contribution in [1.29, 1.82) is 0 Å². The molecule has 0 unspecified atom stereocenters. The van der Waals surface area contributed by atoms with Crippen LogP contribution in [0.1, 0.15) is 11.1 Å². The van der Waals surface area contributed by atoms with Crippen LogP contribution in [0.2, 0.25) is 5.02 Å². The maximum Gasteiger partial charge on any atom is 0.277 e. The first-order valence-electron chi connectivity index (χ1n) is 8.35. The second kappa shape index (κ2) is 8.56. The lowest BCUT2D eigenvalue weighted by molar-refractivity contribution is -0.123. The molecule has 138 valence electrons. The van der Waals surface area contributed by atoms with Crippen LogP contribution in [0.5, 0.6) is 11.5 Å². The van der Waals surface area contributed by atoms with Gasteiger partial charge in [0.1, 0.15) is 11.5 Å². The molecule has 0 aliphatic heterocycles. The van der Waals surface area contributed by atoms with Gasteiger partial charge < -0.3 is 9.47 Å². The van der Waals surface area contributed by atoms with E-state index in [-0.39, 0.29) is 12.5 Å². The van der Waals surface area contributed by atoms with Crippen LogP contribution in [0, 0.1) is 6.92 Å². The van der Waals surface area contributed by atoms with E-state index < -0.39 is 0 Å². The Balaban J connectivity index is 1.65. The van der Waals surface area contributed by atoms with Gasteiger partial charge >= 0.3 is 0 Å². The van der Waals surface area contributed by atoms with Gasteiger partial charge in [-0.3, -0.25) is 4.79 Å². The Labute approximate surface area is 162 Å². The predicted molar refractivity (Wildman–Crippen MR) is 108 cm³/mol. The Morgan fingerprint density at radius 1 is 1.19 bits per heavy atom. The van der Waals surface area contributed by atoms with Gasteiger partial charge in [-0.05, 0) is 47.5 Å². The van der Waals surface area contributed by atoms with Crippen LogP contribution in [0.15, 0.2) is 59.7 Å². The van der Waals surface area contributed by atoms with Crippen molar-refractivity contribution in [1.82, 2.24) is 5.43 Å².